The summed E-state index contributed by atoms with van der Waals surface area (Å²) < 4.78 is 5.59. The number of para-hydroxylation sites is 1. The predicted molar refractivity (Wildman–Crippen MR) is 75.8 cm³/mol. The van der Waals surface area contributed by atoms with E-state index >= 15 is 0 Å². The standard InChI is InChI=1S/C16H19NO3/c18-11-13-10-12-6-4-5-9-15(12)17(13)16(19)20-14-7-2-1-3-8-14/h4-6,9,11,13-14H,1-3,7-8,10H2/t13-/m1/s1. The first-order valence-electron chi connectivity index (χ1n) is 7.32. The topological polar surface area (TPSA) is 46.6 Å². The molecule has 0 unspecified atom stereocenters. The van der Waals surface area contributed by atoms with E-state index in [-0.39, 0.29) is 12.2 Å². The van der Waals surface area contributed by atoms with Crippen molar-refractivity contribution in [3.63, 3.8) is 0 Å². The molecule has 2 aliphatic rings. The van der Waals surface area contributed by atoms with E-state index in [1.807, 2.05) is 24.3 Å². The lowest BCUT2D eigenvalue weighted by atomic mass is 9.98. The van der Waals surface area contributed by atoms with Crippen LogP contribution in [0.1, 0.15) is 37.7 Å². The maximum atomic E-state index is 12.4. The van der Waals surface area contributed by atoms with Crippen LogP contribution in [0, 0.1) is 0 Å². The van der Waals surface area contributed by atoms with Crippen molar-refractivity contribution in [3.05, 3.63) is 29.8 Å². The number of amides is 1. The smallest absolute Gasteiger partial charge is 0.415 e. The number of carbonyl (C=O) groups excluding carboxylic acids is 2. The molecule has 106 valence electrons. The van der Waals surface area contributed by atoms with Crippen molar-refractivity contribution in [2.45, 2.75) is 50.7 Å². The zero-order valence-electron chi connectivity index (χ0n) is 11.5. The molecule has 1 aliphatic heterocycles. The quantitative estimate of drug-likeness (QED) is 0.778. The molecule has 1 fully saturated rings. The van der Waals surface area contributed by atoms with E-state index in [4.69, 9.17) is 4.74 Å². The van der Waals surface area contributed by atoms with Crippen LogP contribution in [-0.4, -0.2) is 24.5 Å². The van der Waals surface area contributed by atoms with Crippen LogP contribution < -0.4 is 4.90 Å². The average molecular weight is 273 g/mol. The Kier molecular flexibility index (Phi) is 3.72. The Labute approximate surface area is 118 Å². The lowest BCUT2D eigenvalue weighted by molar-refractivity contribution is -0.108. The summed E-state index contributed by atoms with van der Waals surface area (Å²) in [4.78, 5) is 25.1. The van der Waals surface area contributed by atoms with Gasteiger partial charge in [-0.1, -0.05) is 24.6 Å². The zero-order valence-corrected chi connectivity index (χ0v) is 11.5. The first-order valence-corrected chi connectivity index (χ1v) is 7.32. The van der Waals surface area contributed by atoms with E-state index in [2.05, 4.69) is 0 Å². The van der Waals surface area contributed by atoms with Crippen molar-refractivity contribution >= 4 is 18.1 Å². The third kappa shape index (κ3) is 2.42. The van der Waals surface area contributed by atoms with Gasteiger partial charge in [0, 0.05) is 6.42 Å². The van der Waals surface area contributed by atoms with Gasteiger partial charge in [-0.15, -0.1) is 0 Å². The van der Waals surface area contributed by atoms with Gasteiger partial charge < -0.3 is 9.53 Å². The minimum atomic E-state index is -0.427. The Morgan fingerprint density at radius 3 is 2.70 bits per heavy atom. The van der Waals surface area contributed by atoms with Gasteiger partial charge in [-0.2, -0.15) is 0 Å². The number of rotatable bonds is 2. The van der Waals surface area contributed by atoms with Gasteiger partial charge in [-0.05, 0) is 37.3 Å². The summed E-state index contributed by atoms with van der Waals surface area (Å²) in [7, 11) is 0. The summed E-state index contributed by atoms with van der Waals surface area (Å²) in [5.41, 5.74) is 1.84. The molecule has 0 saturated heterocycles. The summed E-state index contributed by atoms with van der Waals surface area (Å²) in [6, 6.07) is 7.22. The van der Waals surface area contributed by atoms with E-state index < -0.39 is 6.04 Å². The van der Waals surface area contributed by atoms with Gasteiger partial charge in [0.1, 0.15) is 12.4 Å². The van der Waals surface area contributed by atoms with Crippen molar-refractivity contribution in [2.24, 2.45) is 0 Å². The van der Waals surface area contributed by atoms with Crippen molar-refractivity contribution in [1.29, 1.82) is 0 Å². The van der Waals surface area contributed by atoms with Crippen molar-refractivity contribution < 1.29 is 14.3 Å². The molecule has 1 atom stereocenters. The second-order valence-electron chi connectivity index (χ2n) is 5.55. The van der Waals surface area contributed by atoms with Crippen molar-refractivity contribution in [2.75, 3.05) is 4.90 Å². The van der Waals surface area contributed by atoms with Gasteiger partial charge in [-0.25, -0.2) is 4.79 Å². The van der Waals surface area contributed by atoms with Crippen LogP contribution >= 0.6 is 0 Å². The van der Waals surface area contributed by atoms with Gasteiger partial charge >= 0.3 is 6.09 Å². The molecule has 1 aliphatic carbocycles. The first kappa shape index (κ1) is 13.2. The highest BCUT2D eigenvalue weighted by Gasteiger charge is 2.35. The predicted octanol–water partition coefficient (Wildman–Crippen LogP) is 3.09. The van der Waals surface area contributed by atoms with Crippen LogP contribution in [0.15, 0.2) is 24.3 Å². The maximum absolute atomic E-state index is 12.4. The Balaban J connectivity index is 1.76. The van der Waals surface area contributed by atoms with Crippen LogP contribution in [0.2, 0.25) is 0 Å². The second-order valence-corrected chi connectivity index (χ2v) is 5.55. The summed E-state index contributed by atoms with van der Waals surface area (Å²) in [6.45, 7) is 0. The minimum absolute atomic E-state index is 0.0105. The maximum Gasteiger partial charge on any atom is 0.415 e. The normalized spacial score (nSPS) is 22.4. The molecule has 20 heavy (non-hydrogen) atoms. The number of fused-ring (bicyclic) bond motifs is 1. The number of aldehydes is 1. The Morgan fingerprint density at radius 2 is 1.95 bits per heavy atom. The molecule has 4 heteroatoms. The van der Waals surface area contributed by atoms with Crippen LogP contribution in [0.25, 0.3) is 0 Å². The molecule has 3 rings (SSSR count). The van der Waals surface area contributed by atoms with Crippen molar-refractivity contribution in [3.8, 4) is 0 Å². The molecule has 1 aromatic rings. The largest absolute Gasteiger partial charge is 0.446 e. The summed E-state index contributed by atoms with van der Waals surface area (Å²) in [5, 5.41) is 0. The molecule has 1 aromatic carbocycles. The molecule has 0 aromatic heterocycles. The fourth-order valence-corrected chi connectivity index (χ4v) is 3.14. The molecular formula is C16H19NO3. The van der Waals surface area contributed by atoms with Crippen molar-refractivity contribution in [1.82, 2.24) is 0 Å². The summed E-state index contributed by atoms with van der Waals surface area (Å²) in [5.74, 6) is 0. The lowest BCUT2D eigenvalue weighted by Crippen LogP contribution is -2.41. The van der Waals surface area contributed by atoms with Gasteiger partial charge in [-0.3, -0.25) is 4.90 Å². The number of ether oxygens (including phenoxy) is 1. The Morgan fingerprint density at radius 1 is 1.20 bits per heavy atom. The number of hydrogen-bond acceptors (Lipinski definition) is 3. The number of anilines is 1. The second kappa shape index (κ2) is 5.65. The van der Waals surface area contributed by atoms with E-state index in [0.717, 1.165) is 43.2 Å². The van der Waals surface area contributed by atoms with E-state index in [1.54, 1.807) is 0 Å². The highest BCUT2D eigenvalue weighted by Crippen LogP contribution is 2.32. The van der Waals surface area contributed by atoms with Crippen LogP contribution in [0.5, 0.6) is 0 Å². The number of nitrogens with zero attached hydrogens (tertiary/aromatic N) is 1. The monoisotopic (exact) mass is 273 g/mol. The summed E-state index contributed by atoms with van der Waals surface area (Å²) >= 11 is 0. The molecular weight excluding hydrogens is 254 g/mol. The van der Waals surface area contributed by atoms with Gasteiger partial charge in [0.25, 0.3) is 0 Å². The van der Waals surface area contributed by atoms with Gasteiger partial charge in [0.2, 0.25) is 0 Å². The number of hydrogen-bond donors (Lipinski definition) is 0. The first-order chi connectivity index (χ1) is 9.79. The molecule has 0 bridgehead atoms. The Bertz CT molecular complexity index is 508. The van der Waals surface area contributed by atoms with Crippen LogP contribution in [-0.2, 0) is 16.0 Å². The zero-order chi connectivity index (χ0) is 13.9. The molecule has 1 saturated carbocycles. The minimum Gasteiger partial charge on any atom is -0.446 e. The summed E-state index contributed by atoms with van der Waals surface area (Å²) in [6.07, 6.45) is 6.38. The SMILES string of the molecule is O=C[C@H]1Cc2ccccc2N1C(=O)OC1CCCCC1. The molecule has 0 N–H and O–H groups in total. The van der Waals surface area contributed by atoms with E-state index in [0.29, 0.717) is 6.42 Å². The molecule has 0 spiro atoms. The van der Waals surface area contributed by atoms with Crippen LogP contribution in [0.3, 0.4) is 0 Å². The molecule has 1 amide bonds. The highest BCUT2D eigenvalue weighted by atomic mass is 16.6. The lowest BCUT2D eigenvalue weighted by Gasteiger charge is -2.27. The molecule has 4 nitrogen and oxygen atoms in total. The van der Waals surface area contributed by atoms with E-state index in [9.17, 15) is 9.59 Å². The number of carbonyl (C=O) groups is 2. The Hall–Kier alpha value is -1.84. The van der Waals surface area contributed by atoms with E-state index in [1.165, 1.54) is 11.3 Å². The van der Waals surface area contributed by atoms with Crippen LogP contribution in [0.4, 0.5) is 10.5 Å². The fourth-order valence-electron chi connectivity index (χ4n) is 3.14. The molecule has 0 radical (unpaired) electrons. The molecule has 1 heterocycles. The van der Waals surface area contributed by atoms with Gasteiger partial charge in [0.15, 0.2) is 0 Å². The third-order valence-corrected chi connectivity index (χ3v) is 4.19. The third-order valence-electron chi connectivity index (χ3n) is 4.19. The number of benzene rings is 1. The fraction of sp³-hybridized carbons (Fsp3) is 0.500. The van der Waals surface area contributed by atoms with Gasteiger partial charge in [0.05, 0.1) is 11.7 Å². The highest BCUT2D eigenvalue weighted by molar-refractivity contribution is 5.95. The average Bonchev–Trinajstić information content (AvgIpc) is 2.86.